The number of hydrogen-bond donors (Lipinski definition) is 1. The molecule has 0 aliphatic carbocycles. The van der Waals surface area contributed by atoms with Crippen LogP contribution in [0.1, 0.15) is 19.3 Å². The van der Waals surface area contributed by atoms with E-state index in [9.17, 15) is 14.4 Å². The monoisotopic (exact) mass is 362 g/mol. The van der Waals surface area contributed by atoms with Gasteiger partial charge in [0.15, 0.2) is 11.2 Å². The van der Waals surface area contributed by atoms with Gasteiger partial charge in [-0.25, -0.2) is 9.78 Å². The van der Waals surface area contributed by atoms with Gasteiger partial charge in [-0.2, -0.15) is 0 Å². The van der Waals surface area contributed by atoms with Crippen LogP contribution in [0.15, 0.2) is 15.9 Å². The summed E-state index contributed by atoms with van der Waals surface area (Å²) in [5.41, 5.74) is -0.273. The molecule has 0 saturated carbocycles. The number of carbonyl (C=O) groups excluding carboxylic acids is 1. The number of carbonyl (C=O) groups is 1. The van der Waals surface area contributed by atoms with E-state index >= 15 is 0 Å². The second-order valence-electron chi connectivity index (χ2n) is 6.97. The molecule has 0 unspecified atom stereocenters. The summed E-state index contributed by atoms with van der Waals surface area (Å²) in [5, 5.41) is 3.17. The minimum absolute atomic E-state index is 0.0210. The maximum absolute atomic E-state index is 12.7. The Balaban J connectivity index is 1.75. The zero-order chi connectivity index (χ0) is 18.8. The molecule has 0 spiro atoms. The molecule has 26 heavy (non-hydrogen) atoms. The molecular formula is C17H26N6O3. The summed E-state index contributed by atoms with van der Waals surface area (Å²) < 4.78 is 3.91. The van der Waals surface area contributed by atoms with Gasteiger partial charge in [0, 0.05) is 27.2 Å². The lowest BCUT2D eigenvalue weighted by Gasteiger charge is -2.32. The van der Waals surface area contributed by atoms with E-state index in [0.29, 0.717) is 11.6 Å². The Morgan fingerprint density at radius 1 is 1.23 bits per heavy atom. The Kier molecular flexibility index (Phi) is 5.26. The van der Waals surface area contributed by atoms with Gasteiger partial charge in [0.05, 0.1) is 6.33 Å². The van der Waals surface area contributed by atoms with Crippen LogP contribution in [0.5, 0.6) is 0 Å². The lowest BCUT2D eigenvalue weighted by Crippen LogP contribution is -2.41. The van der Waals surface area contributed by atoms with Crippen molar-refractivity contribution in [2.24, 2.45) is 20.0 Å². The molecule has 1 saturated heterocycles. The van der Waals surface area contributed by atoms with Crippen molar-refractivity contribution in [3.8, 4) is 0 Å². The Bertz CT molecular complexity index is 917. The van der Waals surface area contributed by atoms with Crippen molar-refractivity contribution < 1.29 is 4.79 Å². The molecular weight excluding hydrogens is 336 g/mol. The third-order valence-corrected chi connectivity index (χ3v) is 5.29. The van der Waals surface area contributed by atoms with Crippen LogP contribution in [0.25, 0.3) is 11.2 Å². The van der Waals surface area contributed by atoms with Gasteiger partial charge in [0.2, 0.25) is 5.91 Å². The molecule has 142 valence electrons. The van der Waals surface area contributed by atoms with Crippen molar-refractivity contribution in [3.63, 3.8) is 0 Å². The molecule has 1 amide bonds. The zero-order valence-corrected chi connectivity index (χ0v) is 15.6. The van der Waals surface area contributed by atoms with Crippen molar-refractivity contribution >= 4 is 17.1 Å². The molecule has 1 aliphatic rings. The average Bonchev–Trinajstić information content (AvgIpc) is 3.07. The number of aryl methyl sites for hydroxylation is 1. The highest BCUT2D eigenvalue weighted by molar-refractivity contribution is 5.79. The summed E-state index contributed by atoms with van der Waals surface area (Å²) in [5.74, 6) is 0.634. The first kappa shape index (κ1) is 18.4. The third-order valence-electron chi connectivity index (χ3n) is 5.29. The summed E-state index contributed by atoms with van der Waals surface area (Å²) in [6, 6.07) is 0. The van der Waals surface area contributed by atoms with E-state index in [1.54, 1.807) is 11.6 Å². The molecule has 1 fully saturated rings. The maximum atomic E-state index is 12.7. The molecule has 1 N–H and O–H groups in total. The predicted octanol–water partition coefficient (Wildman–Crippen LogP) is -0.718. The van der Waals surface area contributed by atoms with Crippen LogP contribution in [0.4, 0.5) is 0 Å². The molecule has 0 bridgehead atoms. The first-order chi connectivity index (χ1) is 12.4. The van der Waals surface area contributed by atoms with Crippen molar-refractivity contribution in [1.82, 2.24) is 28.9 Å². The molecule has 0 radical (unpaired) electrons. The lowest BCUT2D eigenvalue weighted by atomic mass is 9.93. The molecule has 0 atom stereocenters. The number of imidazole rings is 1. The van der Waals surface area contributed by atoms with Gasteiger partial charge >= 0.3 is 5.69 Å². The van der Waals surface area contributed by atoms with Crippen molar-refractivity contribution in [1.29, 1.82) is 0 Å². The van der Waals surface area contributed by atoms with Crippen LogP contribution in [-0.4, -0.2) is 56.2 Å². The number of piperidine rings is 1. The van der Waals surface area contributed by atoms with Crippen LogP contribution < -0.4 is 16.6 Å². The fourth-order valence-electron chi connectivity index (χ4n) is 3.58. The largest absolute Gasteiger partial charge is 0.341 e. The molecule has 9 heteroatoms. The van der Waals surface area contributed by atoms with Crippen molar-refractivity contribution in [2.45, 2.75) is 25.8 Å². The lowest BCUT2D eigenvalue weighted by molar-refractivity contribution is -0.133. The summed E-state index contributed by atoms with van der Waals surface area (Å²) in [7, 11) is 4.95. The highest BCUT2D eigenvalue weighted by Gasteiger charge is 2.24. The number of nitrogens with one attached hydrogen (secondary N) is 1. The van der Waals surface area contributed by atoms with Crippen LogP contribution in [0, 0.1) is 5.92 Å². The minimum Gasteiger partial charge on any atom is -0.341 e. The topological polar surface area (TPSA) is 94.2 Å². The molecule has 3 rings (SSSR count). The van der Waals surface area contributed by atoms with E-state index in [4.69, 9.17) is 0 Å². The fraction of sp³-hybridized carbons (Fsp3) is 0.647. The maximum Gasteiger partial charge on any atom is 0.332 e. The minimum atomic E-state index is -0.431. The summed E-state index contributed by atoms with van der Waals surface area (Å²) in [6.07, 6.45) is 4.61. The van der Waals surface area contributed by atoms with Crippen LogP contribution in [-0.2, 0) is 25.4 Å². The SMILES string of the molecule is CNCCC1CCN(C(=O)Cn2cnc3c2c(=O)n(C)c(=O)n3C)CC1. The Morgan fingerprint density at radius 2 is 1.92 bits per heavy atom. The number of hydrogen-bond acceptors (Lipinski definition) is 5. The molecule has 9 nitrogen and oxygen atoms in total. The van der Waals surface area contributed by atoms with Gasteiger partial charge in [-0.05, 0) is 38.8 Å². The second kappa shape index (κ2) is 7.45. The van der Waals surface area contributed by atoms with E-state index in [0.717, 1.165) is 43.5 Å². The van der Waals surface area contributed by atoms with E-state index in [1.165, 1.54) is 17.9 Å². The van der Waals surface area contributed by atoms with E-state index < -0.39 is 11.2 Å². The van der Waals surface area contributed by atoms with Crippen molar-refractivity contribution in [2.75, 3.05) is 26.7 Å². The Labute approximate surface area is 151 Å². The number of nitrogens with zero attached hydrogens (tertiary/aromatic N) is 5. The number of rotatable bonds is 5. The zero-order valence-electron chi connectivity index (χ0n) is 15.6. The smallest absolute Gasteiger partial charge is 0.332 e. The highest BCUT2D eigenvalue weighted by atomic mass is 16.2. The average molecular weight is 362 g/mol. The number of amides is 1. The number of likely N-dealkylation sites (tertiary alicyclic amines) is 1. The molecule has 1 aliphatic heterocycles. The van der Waals surface area contributed by atoms with Gasteiger partial charge in [0.1, 0.15) is 6.54 Å². The van der Waals surface area contributed by atoms with Crippen LogP contribution in [0.3, 0.4) is 0 Å². The van der Waals surface area contributed by atoms with Crippen LogP contribution >= 0.6 is 0 Å². The van der Waals surface area contributed by atoms with Crippen LogP contribution in [0.2, 0.25) is 0 Å². The van der Waals surface area contributed by atoms with Crippen molar-refractivity contribution in [3.05, 3.63) is 27.2 Å². The van der Waals surface area contributed by atoms with Gasteiger partial charge < -0.3 is 14.8 Å². The summed E-state index contributed by atoms with van der Waals surface area (Å²) in [4.78, 5) is 43.1. The quantitative estimate of drug-likeness (QED) is 0.758. The molecule has 0 aromatic carbocycles. The van der Waals surface area contributed by atoms with Gasteiger partial charge in [-0.15, -0.1) is 0 Å². The number of aromatic nitrogens is 4. The molecule has 2 aromatic rings. The molecule has 3 heterocycles. The van der Waals surface area contributed by atoms with Gasteiger partial charge in [-0.1, -0.05) is 0 Å². The Morgan fingerprint density at radius 3 is 2.58 bits per heavy atom. The first-order valence-corrected chi connectivity index (χ1v) is 8.97. The second-order valence-corrected chi connectivity index (χ2v) is 6.97. The fourth-order valence-corrected chi connectivity index (χ4v) is 3.58. The molecule has 2 aromatic heterocycles. The van der Waals surface area contributed by atoms with E-state index in [-0.39, 0.29) is 18.0 Å². The highest BCUT2D eigenvalue weighted by Crippen LogP contribution is 2.20. The standard InChI is InChI=1S/C17H26N6O3/c1-18-7-4-12-5-8-22(9-6-12)13(24)10-23-11-19-15-14(23)16(25)21(3)17(26)20(15)2/h11-12,18H,4-10H2,1-3H3. The van der Waals surface area contributed by atoms with Gasteiger partial charge in [0.25, 0.3) is 5.56 Å². The van der Waals surface area contributed by atoms with E-state index in [1.807, 2.05) is 11.9 Å². The summed E-state index contributed by atoms with van der Waals surface area (Å²) in [6.45, 7) is 2.56. The summed E-state index contributed by atoms with van der Waals surface area (Å²) >= 11 is 0. The van der Waals surface area contributed by atoms with E-state index in [2.05, 4.69) is 10.3 Å². The van der Waals surface area contributed by atoms with Gasteiger partial charge in [-0.3, -0.25) is 18.7 Å². The third kappa shape index (κ3) is 3.31. The number of fused-ring (bicyclic) bond motifs is 1. The Hall–Kier alpha value is -2.42. The first-order valence-electron chi connectivity index (χ1n) is 8.97. The predicted molar refractivity (Wildman–Crippen MR) is 98.1 cm³/mol. The normalized spacial score (nSPS) is 15.7.